The summed E-state index contributed by atoms with van der Waals surface area (Å²) in [6.07, 6.45) is 0.288. The number of nitrogens with one attached hydrogen (secondary N) is 1. The van der Waals surface area contributed by atoms with Crippen LogP contribution in [0.15, 0.2) is 29.8 Å². The molecular weight excluding hydrogens is 246 g/mol. The zero-order chi connectivity index (χ0) is 13.0. The number of amides is 1. The molecule has 1 N–H and O–H groups in total. The Morgan fingerprint density at radius 1 is 1.50 bits per heavy atom. The lowest BCUT2D eigenvalue weighted by Gasteiger charge is -2.06. The van der Waals surface area contributed by atoms with Crippen LogP contribution in [0.25, 0.3) is 0 Å². The van der Waals surface area contributed by atoms with Crippen molar-refractivity contribution in [1.82, 2.24) is 4.98 Å². The molecule has 0 unspecified atom stereocenters. The number of anilines is 1. The highest BCUT2D eigenvalue weighted by molar-refractivity contribution is 7.09. The minimum Gasteiger partial charge on any atom is -0.325 e. The molecule has 2 rings (SSSR count). The molecule has 2 aromatic rings. The Morgan fingerprint density at radius 3 is 2.94 bits per heavy atom. The van der Waals surface area contributed by atoms with E-state index < -0.39 is 0 Å². The van der Waals surface area contributed by atoms with Gasteiger partial charge in [-0.25, -0.2) is 4.98 Å². The first-order valence-corrected chi connectivity index (χ1v) is 6.26. The Balaban J connectivity index is 2.08. The average molecular weight is 257 g/mol. The number of nitrogens with zero attached hydrogens (tertiary/aromatic N) is 2. The Morgan fingerprint density at radius 2 is 2.28 bits per heavy atom. The van der Waals surface area contributed by atoms with Crippen LogP contribution < -0.4 is 5.32 Å². The van der Waals surface area contributed by atoms with Crippen LogP contribution in [-0.4, -0.2) is 10.9 Å². The third-order valence-corrected chi connectivity index (χ3v) is 3.42. The first-order chi connectivity index (χ1) is 8.70. The fourth-order valence-electron chi connectivity index (χ4n) is 1.53. The van der Waals surface area contributed by atoms with Crippen LogP contribution in [0.1, 0.15) is 16.1 Å². The second-order valence-electron chi connectivity index (χ2n) is 3.74. The van der Waals surface area contributed by atoms with E-state index in [1.807, 2.05) is 13.0 Å². The Labute approximate surface area is 109 Å². The standard InChI is InChI=1S/C13H11N3OS/c1-9-12(18-8-15-9)6-13(17)16-11-5-3-2-4-10(11)7-14/h2-5,8H,6H2,1H3,(H,16,17). The topological polar surface area (TPSA) is 65.8 Å². The molecule has 0 aliphatic rings. The van der Waals surface area contributed by atoms with Crippen LogP contribution in [-0.2, 0) is 11.2 Å². The maximum Gasteiger partial charge on any atom is 0.229 e. The molecule has 0 atom stereocenters. The third kappa shape index (κ3) is 2.73. The van der Waals surface area contributed by atoms with Crippen LogP contribution in [0.4, 0.5) is 5.69 Å². The van der Waals surface area contributed by atoms with E-state index in [0.29, 0.717) is 11.3 Å². The van der Waals surface area contributed by atoms with Crippen LogP contribution in [0, 0.1) is 18.3 Å². The predicted molar refractivity (Wildman–Crippen MR) is 70.3 cm³/mol. The van der Waals surface area contributed by atoms with Crippen LogP contribution in [0.5, 0.6) is 0 Å². The molecule has 0 aliphatic heterocycles. The zero-order valence-corrected chi connectivity index (χ0v) is 10.6. The maximum atomic E-state index is 11.9. The molecule has 0 radical (unpaired) electrons. The summed E-state index contributed by atoms with van der Waals surface area (Å²) in [5, 5.41) is 11.7. The van der Waals surface area contributed by atoms with Gasteiger partial charge in [0.15, 0.2) is 0 Å². The minimum atomic E-state index is -0.134. The van der Waals surface area contributed by atoms with Gasteiger partial charge in [0, 0.05) is 4.88 Å². The van der Waals surface area contributed by atoms with Crippen molar-refractivity contribution in [1.29, 1.82) is 5.26 Å². The molecule has 4 nitrogen and oxygen atoms in total. The van der Waals surface area contributed by atoms with Gasteiger partial charge in [0.2, 0.25) is 5.91 Å². The second kappa shape index (κ2) is 5.43. The Kier molecular flexibility index (Phi) is 3.70. The first kappa shape index (κ1) is 12.3. The summed E-state index contributed by atoms with van der Waals surface area (Å²) in [5.74, 6) is -0.134. The van der Waals surface area contributed by atoms with Crippen LogP contribution in [0.2, 0.25) is 0 Å². The van der Waals surface area contributed by atoms with Gasteiger partial charge in [0.05, 0.1) is 28.9 Å². The molecule has 1 aromatic heterocycles. The summed E-state index contributed by atoms with van der Waals surface area (Å²) < 4.78 is 0. The van der Waals surface area contributed by atoms with Crippen molar-refractivity contribution >= 4 is 22.9 Å². The lowest BCUT2D eigenvalue weighted by molar-refractivity contribution is -0.115. The number of aromatic nitrogens is 1. The van der Waals surface area contributed by atoms with Gasteiger partial charge in [-0.2, -0.15) is 5.26 Å². The van der Waals surface area contributed by atoms with Gasteiger partial charge in [-0.1, -0.05) is 12.1 Å². The minimum absolute atomic E-state index is 0.134. The lowest BCUT2D eigenvalue weighted by Crippen LogP contribution is -2.15. The highest BCUT2D eigenvalue weighted by atomic mass is 32.1. The van der Waals surface area contributed by atoms with Crippen LogP contribution >= 0.6 is 11.3 Å². The zero-order valence-electron chi connectivity index (χ0n) is 9.80. The Hall–Kier alpha value is -2.19. The van der Waals surface area contributed by atoms with Gasteiger partial charge in [-0.3, -0.25) is 4.79 Å². The second-order valence-corrected chi connectivity index (χ2v) is 4.68. The predicted octanol–water partition coefficient (Wildman–Crippen LogP) is 2.50. The summed E-state index contributed by atoms with van der Waals surface area (Å²) in [5.41, 5.74) is 3.61. The van der Waals surface area contributed by atoms with E-state index in [2.05, 4.69) is 10.3 Å². The summed E-state index contributed by atoms with van der Waals surface area (Å²) in [6.45, 7) is 1.88. The molecular formula is C13H11N3OS. The van der Waals surface area contributed by atoms with Crippen molar-refractivity contribution in [3.8, 4) is 6.07 Å². The number of benzene rings is 1. The average Bonchev–Trinajstić information content (AvgIpc) is 2.75. The van der Waals surface area contributed by atoms with Gasteiger partial charge in [0.25, 0.3) is 0 Å². The van der Waals surface area contributed by atoms with Crippen molar-refractivity contribution in [2.24, 2.45) is 0 Å². The first-order valence-electron chi connectivity index (χ1n) is 5.38. The monoisotopic (exact) mass is 257 g/mol. The molecule has 90 valence electrons. The van der Waals surface area contributed by atoms with Crippen molar-refractivity contribution < 1.29 is 4.79 Å². The summed E-state index contributed by atoms with van der Waals surface area (Å²) in [4.78, 5) is 16.9. The number of para-hydroxylation sites is 1. The van der Waals surface area contributed by atoms with E-state index in [0.717, 1.165) is 10.6 Å². The molecule has 1 heterocycles. The number of hydrogen-bond acceptors (Lipinski definition) is 4. The van der Waals surface area contributed by atoms with Crippen molar-refractivity contribution in [3.05, 3.63) is 45.9 Å². The molecule has 0 bridgehead atoms. The van der Waals surface area contributed by atoms with E-state index in [4.69, 9.17) is 5.26 Å². The van der Waals surface area contributed by atoms with Gasteiger partial charge >= 0.3 is 0 Å². The van der Waals surface area contributed by atoms with E-state index in [1.165, 1.54) is 11.3 Å². The molecule has 5 heteroatoms. The quantitative estimate of drug-likeness (QED) is 0.918. The van der Waals surface area contributed by atoms with Gasteiger partial charge in [-0.15, -0.1) is 11.3 Å². The number of carbonyl (C=O) groups is 1. The third-order valence-electron chi connectivity index (χ3n) is 2.49. The van der Waals surface area contributed by atoms with E-state index in [1.54, 1.807) is 29.8 Å². The summed E-state index contributed by atoms with van der Waals surface area (Å²) in [7, 11) is 0. The largest absolute Gasteiger partial charge is 0.325 e. The summed E-state index contributed by atoms with van der Waals surface area (Å²) in [6, 6.07) is 8.99. The molecule has 1 amide bonds. The van der Waals surface area contributed by atoms with E-state index in [9.17, 15) is 4.79 Å². The number of aryl methyl sites for hydroxylation is 1. The molecule has 0 saturated heterocycles. The SMILES string of the molecule is Cc1ncsc1CC(=O)Nc1ccccc1C#N. The van der Waals surface area contributed by atoms with E-state index >= 15 is 0 Å². The fraction of sp³-hybridized carbons (Fsp3) is 0.154. The highest BCUT2D eigenvalue weighted by Crippen LogP contribution is 2.16. The number of nitriles is 1. The van der Waals surface area contributed by atoms with Crippen molar-refractivity contribution in [2.45, 2.75) is 13.3 Å². The number of thiazole rings is 1. The lowest BCUT2D eigenvalue weighted by atomic mass is 10.2. The highest BCUT2D eigenvalue weighted by Gasteiger charge is 2.10. The van der Waals surface area contributed by atoms with Crippen LogP contribution in [0.3, 0.4) is 0 Å². The Bertz CT molecular complexity index is 613. The molecule has 1 aromatic carbocycles. The number of rotatable bonds is 3. The normalized spacial score (nSPS) is 9.78. The number of carbonyl (C=O) groups excluding carboxylic acids is 1. The fourth-order valence-corrected chi connectivity index (χ4v) is 2.30. The maximum absolute atomic E-state index is 11.9. The van der Waals surface area contributed by atoms with Crippen molar-refractivity contribution in [3.63, 3.8) is 0 Å². The smallest absolute Gasteiger partial charge is 0.229 e. The molecule has 0 saturated carbocycles. The molecule has 0 fully saturated rings. The summed E-state index contributed by atoms with van der Waals surface area (Å²) >= 11 is 1.46. The van der Waals surface area contributed by atoms with E-state index in [-0.39, 0.29) is 12.3 Å². The van der Waals surface area contributed by atoms with Gasteiger partial charge in [0.1, 0.15) is 6.07 Å². The van der Waals surface area contributed by atoms with Gasteiger partial charge in [-0.05, 0) is 19.1 Å². The van der Waals surface area contributed by atoms with Gasteiger partial charge < -0.3 is 5.32 Å². The molecule has 0 aliphatic carbocycles. The number of hydrogen-bond donors (Lipinski definition) is 1. The molecule has 0 spiro atoms. The molecule has 18 heavy (non-hydrogen) atoms. The van der Waals surface area contributed by atoms with Crippen molar-refractivity contribution in [2.75, 3.05) is 5.32 Å².